The predicted molar refractivity (Wildman–Crippen MR) is 141 cm³/mol. The molecule has 0 saturated carbocycles. The van der Waals surface area contributed by atoms with E-state index in [4.69, 9.17) is 14.2 Å². The van der Waals surface area contributed by atoms with E-state index in [1.165, 1.54) is 0 Å². The van der Waals surface area contributed by atoms with Crippen molar-refractivity contribution in [2.45, 2.75) is 24.9 Å². The molecule has 38 heavy (non-hydrogen) atoms. The number of para-hydroxylation sites is 1. The highest BCUT2D eigenvalue weighted by molar-refractivity contribution is 6.02. The topological polar surface area (TPSA) is 95.8 Å². The normalized spacial score (nSPS) is 16.3. The molecule has 4 heterocycles. The van der Waals surface area contributed by atoms with Crippen molar-refractivity contribution >= 4 is 22.6 Å². The molecule has 6 rings (SSSR count). The largest absolute Gasteiger partial charge is 0.496 e. The number of carbonyl (C=O) groups excluding carboxylic acids is 2. The fourth-order valence-electron chi connectivity index (χ4n) is 5.44. The molecule has 1 amide bonds. The summed E-state index contributed by atoms with van der Waals surface area (Å²) in [7, 11) is 5.01. The van der Waals surface area contributed by atoms with Gasteiger partial charge < -0.3 is 19.1 Å². The van der Waals surface area contributed by atoms with Gasteiger partial charge in [-0.25, -0.2) is 4.98 Å². The van der Waals surface area contributed by atoms with E-state index in [-0.39, 0.29) is 18.1 Å². The van der Waals surface area contributed by atoms with Crippen LogP contribution in [0.1, 0.15) is 40.1 Å². The number of aryl methyl sites for hydroxylation is 1. The van der Waals surface area contributed by atoms with Crippen molar-refractivity contribution in [1.29, 1.82) is 0 Å². The van der Waals surface area contributed by atoms with Gasteiger partial charge in [0.2, 0.25) is 0 Å². The number of piperidine rings is 1. The van der Waals surface area contributed by atoms with Gasteiger partial charge in [0.25, 0.3) is 5.91 Å². The first-order valence-electron chi connectivity index (χ1n) is 12.6. The van der Waals surface area contributed by atoms with Gasteiger partial charge in [-0.2, -0.15) is 5.10 Å². The number of methoxy groups -OCH3 is 2. The third-order valence-corrected chi connectivity index (χ3v) is 7.51. The number of ketones is 1. The van der Waals surface area contributed by atoms with Crippen molar-refractivity contribution in [2.24, 2.45) is 7.05 Å². The summed E-state index contributed by atoms with van der Waals surface area (Å²) in [5.74, 6) is 1.61. The van der Waals surface area contributed by atoms with Crippen molar-refractivity contribution in [2.75, 3.05) is 27.3 Å². The van der Waals surface area contributed by atoms with Gasteiger partial charge in [-0.1, -0.05) is 12.1 Å². The van der Waals surface area contributed by atoms with Gasteiger partial charge in [-0.15, -0.1) is 0 Å². The number of pyridine rings is 1. The quantitative estimate of drug-likeness (QED) is 0.402. The molecule has 0 N–H and O–H groups in total. The van der Waals surface area contributed by atoms with E-state index in [0.29, 0.717) is 60.0 Å². The van der Waals surface area contributed by atoms with Gasteiger partial charge >= 0.3 is 0 Å². The average Bonchev–Trinajstić information content (AvgIpc) is 3.38. The van der Waals surface area contributed by atoms with Crippen LogP contribution in [0.25, 0.3) is 22.0 Å². The molecule has 9 heteroatoms. The fraction of sp³-hybridized carbons (Fsp3) is 0.310. The Morgan fingerprint density at radius 1 is 1.03 bits per heavy atom. The molecule has 194 valence electrons. The summed E-state index contributed by atoms with van der Waals surface area (Å²) >= 11 is 0. The maximum Gasteiger partial charge on any atom is 0.272 e. The number of nitrogens with zero attached hydrogens (tertiary/aromatic N) is 4. The number of hydrogen-bond donors (Lipinski definition) is 0. The molecule has 2 aliphatic heterocycles. The second kappa shape index (κ2) is 9.16. The van der Waals surface area contributed by atoms with Gasteiger partial charge in [0, 0.05) is 56.2 Å². The van der Waals surface area contributed by atoms with Crippen LogP contribution in [-0.2, 0) is 7.05 Å². The highest BCUT2D eigenvalue weighted by Gasteiger charge is 2.44. The van der Waals surface area contributed by atoms with Crippen molar-refractivity contribution in [3.63, 3.8) is 0 Å². The Kier molecular flexibility index (Phi) is 5.78. The molecule has 2 aromatic carbocycles. The third kappa shape index (κ3) is 4.04. The minimum Gasteiger partial charge on any atom is -0.496 e. The van der Waals surface area contributed by atoms with Crippen LogP contribution in [0.2, 0.25) is 0 Å². The first-order chi connectivity index (χ1) is 18.4. The first kappa shape index (κ1) is 24.0. The lowest BCUT2D eigenvalue weighted by atomic mass is 9.82. The minimum atomic E-state index is -0.617. The summed E-state index contributed by atoms with van der Waals surface area (Å²) in [6.45, 7) is 0.923. The molecule has 1 spiro atoms. The molecular formula is C29H28N4O5. The van der Waals surface area contributed by atoms with E-state index >= 15 is 0 Å². The highest BCUT2D eigenvalue weighted by atomic mass is 16.5. The molecule has 0 aliphatic carbocycles. The van der Waals surface area contributed by atoms with Gasteiger partial charge in [0.15, 0.2) is 5.78 Å². The Bertz CT molecular complexity index is 1570. The fourth-order valence-corrected chi connectivity index (χ4v) is 5.44. The highest BCUT2D eigenvalue weighted by Crippen LogP contribution is 2.41. The van der Waals surface area contributed by atoms with Crippen LogP contribution in [0, 0.1) is 0 Å². The Morgan fingerprint density at radius 2 is 1.82 bits per heavy atom. The number of benzene rings is 2. The Morgan fingerprint density at radius 3 is 2.53 bits per heavy atom. The zero-order valence-corrected chi connectivity index (χ0v) is 21.6. The smallest absolute Gasteiger partial charge is 0.272 e. The van der Waals surface area contributed by atoms with E-state index in [0.717, 1.165) is 16.5 Å². The molecule has 0 unspecified atom stereocenters. The monoisotopic (exact) mass is 512 g/mol. The van der Waals surface area contributed by atoms with Crippen LogP contribution < -0.4 is 14.2 Å². The van der Waals surface area contributed by atoms with Crippen LogP contribution in [-0.4, -0.2) is 64.3 Å². The van der Waals surface area contributed by atoms with Gasteiger partial charge in [-0.05, 0) is 29.8 Å². The van der Waals surface area contributed by atoms with E-state index in [1.54, 1.807) is 36.1 Å². The number of rotatable bonds is 4. The molecule has 2 aromatic heterocycles. The van der Waals surface area contributed by atoms with E-state index in [9.17, 15) is 9.59 Å². The zero-order chi connectivity index (χ0) is 26.4. The Hall–Kier alpha value is -4.40. The summed E-state index contributed by atoms with van der Waals surface area (Å²) in [6, 6.07) is 12.9. The number of Topliss-reactive ketones (excluding diaryl/α,β-unsaturated/α-hetero) is 1. The molecule has 4 aromatic rings. The van der Waals surface area contributed by atoms with Crippen LogP contribution in [0.3, 0.4) is 0 Å². The number of fused-ring (bicyclic) bond motifs is 2. The van der Waals surface area contributed by atoms with E-state index in [1.807, 2.05) is 49.6 Å². The maximum atomic E-state index is 13.5. The average molecular weight is 513 g/mol. The SMILES string of the molecule is COc1cc(C(=O)N2CCC3(CC2)CC(=O)c2cc(-c4cnn(C)c4)ccc2O3)nc2c(OC)cccc12. The Labute approximate surface area is 219 Å². The summed E-state index contributed by atoms with van der Waals surface area (Å²) in [5.41, 5.74) is 2.73. The van der Waals surface area contributed by atoms with Crippen LogP contribution in [0.4, 0.5) is 0 Å². The number of carbonyl (C=O) groups is 2. The number of ether oxygens (including phenoxy) is 3. The Balaban J connectivity index is 1.21. The molecule has 0 radical (unpaired) electrons. The molecule has 1 fully saturated rings. The van der Waals surface area contributed by atoms with Gasteiger partial charge in [0.05, 0.1) is 32.4 Å². The minimum absolute atomic E-state index is 0.0600. The maximum absolute atomic E-state index is 13.5. The van der Waals surface area contributed by atoms with Gasteiger partial charge in [0.1, 0.15) is 34.1 Å². The number of likely N-dealkylation sites (tertiary alicyclic amines) is 1. The van der Waals surface area contributed by atoms with Crippen LogP contribution in [0.5, 0.6) is 17.2 Å². The van der Waals surface area contributed by atoms with Gasteiger partial charge in [-0.3, -0.25) is 14.3 Å². The summed E-state index contributed by atoms with van der Waals surface area (Å²) in [5, 5.41) is 5.00. The molecular weight excluding hydrogens is 484 g/mol. The second-order valence-electron chi connectivity index (χ2n) is 9.86. The second-order valence-corrected chi connectivity index (χ2v) is 9.86. The number of hydrogen-bond acceptors (Lipinski definition) is 7. The lowest BCUT2D eigenvalue weighted by Gasteiger charge is -2.44. The third-order valence-electron chi connectivity index (χ3n) is 7.51. The summed E-state index contributed by atoms with van der Waals surface area (Å²) < 4.78 is 19.2. The van der Waals surface area contributed by atoms with Crippen molar-refractivity contribution in [1.82, 2.24) is 19.7 Å². The number of aromatic nitrogens is 3. The molecule has 2 aliphatic rings. The molecule has 1 saturated heterocycles. The molecule has 0 atom stereocenters. The summed E-state index contributed by atoms with van der Waals surface area (Å²) in [4.78, 5) is 33.1. The van der Waals surface area contributed by atoms with Crippen LogP contribution in [0.15, 0.2) is 54.9 Å². The first-order valence-corrected chi connectivity index (χ1v) is 12.6. The summed E-state index contributed by atoms with van der Waals surface area (Å²) in [6.07, 6.45) is 5.10. The number of amides is 1. The molecule has 9 nitrogen and oxygen atoms in total. The lowest BCUT2D eigenvalue weighted by Crippen LogP contribution is -2.52. The van der Waals surface area contributed by atoms with E-state index in [2.05, 4.69) is 10.1 Å². The lowest BCUT2D eigenvalue weighted by molar-refractivity contribution is -0.00583. The predicted octanol–water partition coefficient (Wildman–Crippen LogP) is 4.29. The molecule has 0 bridgehead atoms. The van der Waals surface area contributed by atoms with Crippen molar-refractivity contribution < 1.29 is 23.8 Å². The van der Waals surface area contributed by atoms with Crippen molar-refractivity contribution in [3.05, 3.63) is 66.1 Å². The van der Waals surface area contributed by atoms with Crippen molar-refractivity contribution in [3.8, 4) is 28.4 Å². The van der Waals surface area contributed by atoms with E-state index < -0.39 is 5.60 Å². The standard InChI is InChI=1S/C29H28N4O5/c1-32-17-19(16-30-32)18-7-8-24-21(13-18)23(34)15-29(38-24)9-11-33(12-10-29)28(35)22-14-26(37-3)20-5-4-6-25(36-2)27(20)31-22/h4-8,13-14,16-17H,9-12,15H2,1-3H3. The van der Waals surface area contributed by atoms with Crippen LogP contribution >= 0.6 is 0 Å². The zero-order valence-electron chi connectivity index (χ0n) is 21.6.